The van der Waals surface area contributed by atoms with Crippen molar-refractivity contribution < 1.29 is 14.3 Å². The maximum absolute atomic E-state index is 12.2. The van der Waals surface area contributed by atoms with Crippen LogP contribution in [0, 0.1) is 0 Å². The van der Waals surface area contributed by atoms with Crippen LogP contribution in [0.25, 0.3) is 0 Å². The van der Waals surface area contributed by atoms with Crippen LogP contribution in [-0.2, 0) is 9.53 Å². The molecule has 0 bridgehead atoms. The van der Waals surface area contributed by atoms with Crippen LogP contribution in [0.2, 0.25) is 0 Å². The average Bonchev–Trinajstić information content (AvgIpc) is 2.45. The van der Waals surface area contributed by atoms with E-state index in [2.05, 4.69) is 10.6 Å². The van der Waals surface area contributed by atoms with Gasteiger partial charge in [0.1, 0.15) is 0 Å². The van der Waals surface area contributed by atoms with Crippen molar-refractivity contribution in [2.24, 2.45) is 0 Å². The van der Waals surface area contributed by atoms with Crippen LogP contribution in [0.1, 0.15) is 31.9 Å². The summed E-state index contributed by atoms with van der Waals surface area (Å²) >= 11 is 0. The molecule has 5 heteroatoms. The van der Waals surface area contributed by atoms with Gasteiger partial charge in [-0.25, -0.2) is 9.59 Å². The van der Waals surface area contributed by atoms with E-state index in [0.29, 0.717) is 17.9 Å². The zero-order chi connectivity index (χ0) is 14.5. The summed E-state index contributed by atoms with van der Waals surface area (Å²) in [5, 5.41) is 5.38. The molecule has 20 heavy (non-hydrogen) atoms. The maximum atomic E-state index is 12.2. The smallest absolute Gasteiger partial charge is 0.338 e. The SMILES string of the molecule is CCCOC(=O)C1=C(C)NC(=O)N[C@@H]1c1ccccc1. The zero-order valence-corrected chi connectivity index (χ0v) is 11.6. The second kappa shape index (κ2) is 6.23. The summed E-state index contributed by atoms with van der Waals surface area (Å²) in [6.07, 6.45) is 0.758. The Morgan fingerprint density at radius 2 is 2.00 bits per heavy atom. The highest BCUT2D eigenvalue weighted by atomic mass is 16.5. The molecule has 0 saturated carbocycles. The van der Waals surface area contributed by atoms with Crippen molar-refractivity contribution in [3.05, 3.63) is 47.2 Å². The minimum atomic E-state index is -0.477. The molecule has 2 N–H and O–H groups in total. The second-order valence-corrected chi connectivity index (χ2v) is 4.62. The molecule has 1 aromatic carbocycles. The first kappa shape index (κ1) is 14.1. The van der Waals surface area contributed by atoms with Crippen molar-refractivity contribution in [2.75, 3.05) is 6.61 Å². The van der Waals surface area contributed by atoms with E-state index in [1.165, 1.54) is 0 Å². The van der Waals surface area contributed by atoms with E-state index in [4.69, 9.17) is 4.74 Å². The Balaban J connectivity index is 2.34. The second-order valence-electron chi connectivity index (χ2n) is 4.62. The third kappa shape index (κ3) is 2.99. The number of urea groups is 1. The number of carbonyl (C=O) groups excluding carboxylic acids is 2. The largest absolute Gasteiger partial charge is 0.462 e. The Hall–Kier alpha value is -2.30. The Morgan fingerprint density at radius 1 is 1.30 bits per heavy atom. The molecule has 5 nitrogen and oxygen atoms in total. The van der Waals surface area contributed by atoms with Crippen molar-refractivity contribution >= 4 is 12.0 Å². The first-order chi connectivity index (χ1) is 9.63. The minimum Gasteiger partial charge on any atom is -0.462 e. The summed E-state index contributed by atoms with van der Waals surface area (Å²) in [5.41, 5.74) is 1.83. The van der Waals surface area contributed by atoms with Crippen molar-refractivity contribution in [3.8, 4) is 0 Å². The van der Waals surface area contributed by atoms with Crippen LogP contribution in [0.4, 0.5) is 4.79 Å². The monoisotopic (exact) mass is 274 g/mol. The first-order valence-electron chi connectivity index (χ1n) is 6.63. The van der Waals surface area contributed by atoms with Gasteiger partial charge in [0, 0.05) is 5.70 Å². The van der Waals surface area contributed by atoms with Gasteiger partial charge in [-0.05, 0) is 18.9 Å². The molecular weight excluding hydrogens is 256 g/mol. The molecule has 2 rings (SSSR count). The number of esters is 1. The topological polar surface area (TPSA) is 67.4 Å². The Kier molecular flexibility index (Phi) is 4.40. The summed E-state index contributed by atoms with van der Waals surface area (Å²) < 4.78 is 5.20. The molecular formula is C15H18N2O3. The van der Waals surface area contributed by atoms with E-state index < -0.39 is 12.0 Å². The number of hydrogen-bond donors (Lipinski definition) is 2. The number of nitrogens with one attached hydrogen (secondary N) is 2. The van der Waals surface area contributed by atoms with E-state index in [9.17, 15) is 9.59 Å². The Morgan fingerprint density at radius 3 is 2.65 bits per heavy atom. The lowest BCUT2D eigenvalue weighted by Crippen LogP contribution is -2.45. The van der Waals surface area contributed by atoms with Gasteiger partial charge < -0.3 is 15.4 Å². The molecule has 0 radical (unpaired) electrons. The molecule has 0 aromatic heterocycles. The van der Waals surface area contributed by atoms with Crippen LogP contribution in [0.3, 0.4) is 0 Å². The average molecular weight is 274 g/mol. The molecule has 0 spiro atoms. The van der Waals surface area contributed by atoms with Gasteiger partial charge in [0.25, 0.3) is 0 Å². The van der Waals surface area contributed by atoms with E-state index in [1.807, 2.05) is 37.3 Å². The van der Waals surface area contributed by atoms with E-state index >= 15 is 0 Å². The lowest BCUT2D eigenvalue weighted by Gasteiger charge is -2.28. The predicted molar refractivity (Wildman–Crippen MR) is 74.8 cm³/mol. The minimum absolute atomic E-state index is 0.316. The lowest BCUT2D eigenvalue weighted by atomic mass is 9.96. The van der Waals surface area contributed by atoms with Crippen LogP contribution < -0.4 is 10.6 Å². The fourth-order valence-corrected chi connectivity index (χ4v) is 2.13. The molecule has 0 fully saturated rings. The summed E-state index contributed by atoms with van der Waals surface area (Å²) in [4.78, 5) is 23.8. The maximum Gasteiger partial charge on any atom is 0.338 e. The third-order valence-electron chi connectivity index (χ3n) is 3.06. The van der Waals surface area contributed by atoms with Gasteiger partial charge in [0.2, 0.25) is 0 Å². The number of carbonyl (C=O) groups is 2. The molecule has 0 aliphatic carbocycles. The van der Waals surface area contributed by atoms with Crippen molar-refractivity contribution in [2.45, 2.75) is 26.3 Å². The summed E-state index contributed by atoms with van der Waals surface area (Å²) in [7, 11) is 0. The highest BCUT2D eigenvalue weighted by Crippen LogP contribution is 2.27. The fourth-order valence-electron chi connectivity index (χ4n) is 2.13. The van der Waals surface area contributed by atoms with Gasteiger partial charge in [-0.2, -0.15) is 0 Å². The van der Waals surface area contributed by atoms with Crippen molar-refractivity contribution in [1.29, 1.82) is 0 Å². The number of benzene rings is 1. The molecule has 2 amide bonds. The summed E-state index contributed by atoms with van der Waals surface area (Å²) in [6.45, 7) is 4.01. The third-order valence-corrected chi connectivity index (χ3v) is 3.06. The molecule has 1 heterocycles. The highest BCUT2D eigenvalue weighted by Gasteiger charge is 2.31. The Labute approximate surface area is 118 Å². The van der Waals surface area contributed by atoms with E-state index in [-0.39, 0.29) is 6.03 Å². The molecule has 1 aliphatic heterocycles. The number of hydrogen-bond acceptors (Lipinski definition) is 3. The van der Waals surface area contributed by atoms with Gasteiger partial charge in [0.15, 0.2) is 0 Å². The van der Waals surface area contributed by atoms with Crippen LogP contribution in [0.5, 0.6) is 0 Å². The highest BCUT2D eigenvalue weighted by molar-refractivity contribution is 5.95. The van der Waals surface area contributed by atoms with Crippen LogP contribution in [-0.4, -0.2) is 18.6 Å². The lowest BCUT2D eigenvalue weighted by molar-refractivity contribution is -0.139. The number of amides is 2. The summed E-state index contributed by atoms with van der Waals surface area (Å²) in [6, 6.07) is 8.57. The molecule has 1 aliphatic rings. The normalized spacial score (nSPS) is 18.3. The molecule has 1 aromatic rings. The van der Waals surface area contributed by atoms with Crippen LogP contribution >= 0.6 is 0 Å². The molecule has 106 valence electrons. The number of allylic oxidation sites excluding steroid dienone is 1. The van der Waals surface area contributed by atoms with Gasteiger partial charge in [-0.1, -0.05) is 37.3 Å². The van der Waals surface area contributed by atoms with Gasteiger partial charge >= 0.3 is 12.0 Å². The zero-order valence-electron chi connectivity index (χ0n) is 11.6. The number of rotatable bonds is 4. The quantitative estimate of drug-likeness (QED) is 0.828. The predicted octanol–water partition coefficient (Wildman–Crippen LogP) is 2.27. The van der Waals surface area contributed by atoms with Gasteiger partial charge in [-0.15, -0.1) is 0 Å². The van der Waals surface area contributed by atoms with Crippen molar-refractivity contribution in [1.82, 2.24) is 10.6 Å². The van der Waals surface area contributed by atoms with E-state index in [1.54, 1.807) is 6.92 Å². The summed E-state index contributed by atoms with van der Waals surface area (Å²) in [5.74, 6) is -0.397. The Bertz CT molecular complexity index is 537. The van der Waals surface area contributed by atoms with Gasteiger partial charge in [0.05, 0.1) is 18.2 Å². The first-order valence-corrected chi connectivity index (χ1v) is 6.63. The fraction of sp³-hybridized carbons (Fsp3) is 0.333. The van der Waals surface area contributed by atoms with Crippen LogP contribution in [0.15, 0.2) is 41.6 Å². The molecule has 0 unspecified atom stereocenters. The van der Waals surface area contributed by atoms with E-state index in [0.717, 1.165) is 12.0 Å². The molecule has 1 atom stereocenters. The standard InChI is InChI=1S/C15H18N2O3/c1-3-9-20-14(18)12-10(2)16-15(19)17-13(12)11-7-5-4-6-8-11/h4-8,13H,3,9H2,1-2H3,(H2,16,17,19)/t13-/m1/s1. The van der Waals surface area contributed by atoms with Crippen molar-refractivity contribution in [3.63, 3.8) is 0 Å². The van der Waals surface area contributed by atoms with Gasteiger partial charge in [-0.3, -0.25) is 0 Å². The molecule has 0 saturated heterocycles. The number of ether oxygens (including phenoxy) is 1.